The van der Waals surface area contributed by atoms with E-state index in [1.54, 1.807) is 74.5 Å². The summed E-state index contributed by atoms with van der Waals surface area (Å²) in [6, 6.07) is 17.3. The topological polar surface area (TPSA) is 52.6 Å². The molecule has 0 saturated carbocycles. The fourth-order valence-electron chi connectivity index (χ4n) is 2.78. The summed E-state index contributed by atoms with van der Waals surface area (Å²) in [4.78, 5) is 24.1. The summed E-state index contributed by atoms with van der Waals surface area (Å²) in [5.41, 5.74) is 1.33. The maximum Gasteiger partial charge on any atom is 0.392 e. The molecule has 29 heavy (non-hydrogen) atoms. The van der Waals surface area contributed by atoms with Crippen molar-refractivity contribution in [3.8, 4) is 0 Å². The van der Waals surface area contributed by atoms with E-state index in [9.17, 15) is 22.8 Å². The Morgan fingerprint density at radius 2 is 1.10 bits per heavy atom. The molecule has 0 heterocycles. The molecule has 0 spiro atoms. The van der Waals surface area contributed by atoms with Crippen molar-refractivity contribution in [1.29, 1.82) is 0 Å². The number of alkyl halides is 3. The van der Waals surface area contributed by atoms with Gasteiger partial charge in [-0.1, -0.05) is 60.7 Å². The fourth-order valence-corrected chi connectivity index (χ4v) is 2.78. The first kappa shape index (κ1) is 22.5. The van der Waals surface area contributed by atoms with Gasteiger partial charge in [-0.2, -0.15) is 13.2 Å². The summed E-state index contributed by atoms with van der Waals surface area (Å²) < 4.78 is 50.2. The Morgan fingerprint density at radius 3 is 1.41 bits per heavy atom. The molecule has 0 fully saturated rings. The largest absolute Gasteiger partial charge is 0.458 e. The van der Waals surface area contributed by atoms with Gasteiger partial charge in [-0.3, -0.25) is 9.59 Å². The zero-order chi connectivity index (χ0) is 21.4. The van der Waals surface area contributed by atoms with E-state index in [2.05, 4.69) is 0 Å². The van der Waals surface area contributed by atoms with Gasteiger partial charge >= 0.3 is 18.1 Å². The van der Waals surface area contributed by atoms with Gasteiger partial charge in [-0.15, -0.1) is 0 Å². The minimum absolute atomic E-state index is 0.667. The third kappa shape index (κ3) is 7.25. The van der Waals surface area contributed by atoms with Gasteiger partial charge in [0.1, 0.15) is 12.2 Å². The van der Waals surface area contributed by atoms with Crippen LogP contribution in [0.1, 0.15) is 50.0 Å². The van der Waals surface area contributed by atoms with Crippen LogP contribution in [0.15, 0.2) is 60.7 Å². The molecule has 2 aromatic carbocycles. The standard InChI is InChI=1S/C22H23F3O4/c1-15(17-9-5-3-6-10-17)28-20(26)13-19(22(23,24)25)14-21(27)29-16(2)18-11-7-4-8-12-18/h3-12,15-16,19H,13-14H2,1-2H3/t15-,16-/m0/s1. The molecule has 0 aliphatic carbocycles. The molecule has 0 N–H and O–H groups in total. The van der Waals surface area contributed by atoms with Gasteiger partial charge in [-0.25, -0.2) is 0 Å². The molecule has 7 heteroatoms. The van der Waals surface area contributed by atoms with Crippen molar-refractivity contribution in [2.75, 3.05) is 0 Å². The Bertz CT molecular complexity index is 729. The van der Waals surface area contributed by atoms with Gasteiger partial charge in [0, 0.05) is 0 Å². The van der Waals surface area contributed by atoms with Crippen molar-refractivity contribution in [3.63, 3.8) is 0 Å². The number of hydrogen-bond acceptors (Lipinski definition) is 4. The number of rotatable bonds is 8. The predicted molar refractivity (Wildman–Crippen MR) is 101 cm³/mol. The molecule has 0 saturated heterocycles. The second-order valence-electron chi connectivity index (χ2n) is 6.73. The number of ether oxygens (including phenoxy) is 2. The third-order valence-electron chi connectivity index (χ3n) is 4.44. The molecule has 4 nitrogen and oxygen atoms in total. The van der Waals surface area contributed by atoms with Gasteiger partial charge < -0.3 is 9.47 Å². The minimum Gasteiger partial charge on any atom is -0.458 e. The van der Waals surface area contributed by atoms with E-state index in [4.69, 9.17) is 9.47 Å². The van der Waals surface area contributed by atoms with Crippen LogP contribution in [0.2, 0.25) is 0 Å². The Kier molecular flexibility index (Phi) is 7.82. The van der Waals surface area contributed by atoms with Crippen molar-refractivity contribution in [2.45, 2.75) is 45.1 Å². The average molecular weight is 408 g/mol. The van der Waals surface area contributed by atoms with Crippen LogP contribution in [-0.4, -0.2) is 18.1 Å². The van der Waals surface area contributed by atoms with Gasteiger partial charge in [0.25, 0.3) is 0 Å². The van der Waals surface area contributed by atoms with E-state index in [-0.39, 0.29) is 0 Å². The first-order valence-electron chi connectivity index (χ1n) is 9.22. The van der Waals surface area contributed by atoms with Gasteiger partial charge in [-0.05, 0) is 25.0 Å². The molecule has 156 valence electrons. The summed E-state index contributed by atoms with van der Waals surface area (Å²) in [6.45, 7) is 3.15. The molecular formula is C22H23F3O4. The lowest BCUT2D eigenvalue weighted by atomic mass is 10.0. The van der Waals surface area contributed by atoms with Crippen LogP contribution in [-0.2, 0) is 19.1 Å². The highest BCUT2D eigenvalue weighted by Gasteiger charge is 2.43. The van der Waals surface area contributed by atoms with Gasteiger partial charge in [0.2, 0.25) is 0 Å². The van der Waals surface area contributed by atoms with Crippen molar-refractivity contribution < 1.29 is 32.2 Å². The number of benzene rings is 2. The molecule has 0 aromatic heterocycles. The normalized spacial score (nSPS) is 13.6. The maximum absolute atomic E-state index is 13.3. The van der Waals surface area contributed by atoms with Crippen LogP contribution < -0.4 is 0 Å². The van der Waals surface area contributed by atoms with E-state index in [1.165, 1.54) is 0 Å². The summed E-state index contributed by atoms with van der Waals surface area (Å²) in [6.07, 6.45) is -8.01. The van der Waals surface area contributed by atoms with Gasteiger partial charge in [0.15, 0.2) is 0 Å². The number of carbonyl (C=O) groups is 2. The minimum atomic E-state index is -4.73. The van der Waals surface area contributed by atoms with Crippen molar-refractivity contribution in [3.05, 3.63) is 71.8 Å². The molecule has 0 radical (unpaired) electrons. The number of carbonyl (C=O) groups excluding carboxylic acids is 2. The monoisotopic (exact) mass is 408 g/mol. The highest BCUT2D eigenvalue weighted by Crippen LogP contribution is 2.33. The van der Waals surface area contributed by atoms with Crippen LogP contribution in [0.5, 0.6) is 0 Å². The molecule has 0 aliphatic heterocycles. The maximum atomic E-state index is 13.3. The molecule has 2 atom stereocenters. The quantitative estimate of drug-likeness (QED) is 0.537. The van der Waals surface area contributed by atoms with Gasteiger partial charge in [0.05, 0.1) is 18.8 Å². The SMILES string of the molecule is C[C@H](OC(=O)CC(CC(=O)O[C@@H](C)c1ccccc1)C(F)(F)F)c1ccccc1. The van der Waals surface area contributed by atoms with Crippen LogP contribution in [0.3, 0.4) is 0 Å². The summed E-state index contributed by atoms with van der Waals surface area (Å²) in [7, 11) is 0. The second kappa shape index (κ2) is 10.1. The van der Waals surface area contributed by atoms with E-state index < -0.39 is 49.1 Å². The summed E-state index contributed by atoms with van der Waals surface area (Å²) >= 11 is 0. The van der Waals surface area contributed by atoms with Crippen molar-refractivity contribution in [1.82, 2.24) is 0 Å². The third-order valence-corrected chi connectivity index (χ3v) is 4.44. The number of esters is 2. The van der Waals surface area contributed by atoms with Crippen molar-refractivity contribution >= 4 is 11.9 Å². The smallest absolute Gasteiger partial charge is 0.392 e. The lowest BCUT2D eigenvalue weighted by molar-refractivity contribution is -0.193. The lowest BCUT2D eigenvalue weighted by Crippen LogP contribution is -2.29. The second-order valence-corrected chi connectivity index (χ2v) is 6.73. The Morgan fingerprint density at radius 1 is 0.759 bits per heavy atom. The summed E-state index contributed by atoms with van der Waals surface area (Å²) in [5, 5.41) is 0. The van der Waals surface area contributed by atoms with E-state index in [1.807, 2.05) is 0 Å². The average Bonchev–Trinajstić information content (AvgIpc) is 2.68. The number of halogens is 3. The van der Waals surface area contributed by atoms with Crippen LogP contribution >= 0.6 is 0 Å². The molecule has 0 unspecified atom stereocenters. The highest BCUT2D eigenvalue weighted by atomic mass is 19.4. The Labute approximate surface area is 167 Å². The first-order chi connectivity index (χ1) is 13.7. The summed E-state index contributed by atoms with van der Waals surface area (Å²) in [5.74, 6) is -4.21. The first-order valence-corrected chi connectivity index (χ1v) is 9.22. The van der Waals surface area contributed by atoms with Crippen molar-refractivity contribution in [2.24, 2.45) is 5.92 Å². The van der Waals surface area contributed by atoms with E-state index in [0.717, 1.165) is 0 Å². The highest BCUT2D eigenvalue weighted by molar-refractivity contribution is 5.73. The molecule has 2 aromatic rings. The lowest BCUT2D eigenvalue weighted by Gasteiger charge is -2.21. The molecule has 0 aliphatic rings. The van der Waals surface area contributed by atoms with Crippen LogP contribution in [0.4, 0.5) is 13.2 Å². The predicted octanol–water partition coefficient (Wildman–Crippen LogP) is 5.55. The molecule has 2 rings (SSSR count). The Balaban J connectivity index is 1.95. The molecule has 0 bridgehead atoms. The molecular weight excluding hydrogens is 385 g/mol. The molecule has 0 amide bonds. The zero-order valence-electron chi connectivity index (χ0n) is 16.2. The van der Waals surface area contributed by atoms with E-state index >= 15 is 0 Å². The van der Waals surface area contributed by atoms with Crippen LogP contribution in [0, 0.1) is 5.92 Å². The number of hydrogen-bond donors (Lipinski definition) is 0. The van der Waals surface area contributed by atoms with Crippen LogP contribution in [0.25, 0.3) is 0 Å². The van der Waals surface area contributed by atoms with E-state index in [0.29, 0.717) is 11.1 Å². The zero-order valence-corrected chi connectivity index (χ0v) is 16.2. The Hall–Kier alpha value is -2.83. The fraction of sp³-hybridized carbons (Fsp3) is 0.364.